The highest BCUT2D eigenvalue weighted by molar-refractivity contribution is 7.55. The number of esters is 1. The number of carbonyl (C=O) groups is 1. The predicted octanol–water partition coefficient (Wildman–Crippen LogP) is 3.73. The van der Waals surface area contributed by atoms with Crippen LogP contribution in [0.3, 0.4) is 0 Å². The number of imidazole rings is 1. The zero-order valence-electron chi connectivity index (χ0n) is 21.0. The molecule has 12 nitrogen and oxygen atoms in total. The average molecular weight is 547 g/mol. The van der Waals surface area contributed by atoms with E-state index in [4.69, 9.17) is 39.6 Å². The molecule has 36 heavy (non-hydrogen) atoms. The van der Waals surface area contributed by atoms with Crippen LogP contribution in [0.15, 0.2) is 12.7 Å². The van der Waals surface area contributed by atoms with E-state index in [0.717, 1.165) is 0 Å². The van der Waals surface area contributed by atoms with E-state index in [1.165, 1.54) is 6.33 Å². The number of hydrogen-bond donors (Lipinski definition) is 0. The molecule has 0 spiro atoms. The molecule has 1 saturated carbocycles. The molecule has 2 aliphatic rings. The van der Waals surface area contributed by atoms with E-state index in [1.807, 2.05) is 18.4 Å². The van der Waals surface area contributed by atoms with E-state index in [1.54, 1.807) is 27.1 Å². The van der Waals surface area contributed by atoms with Crippen molar-refractivity contribution < 1.29 is 37.4 Å². The normalized spacial score (nSPS) is 26.3. The second-order valence-corrected chi connectivity index (χ2v) is 11.4. The summed E-state index contributed by atoms with van der Waals surface area (Å²) in [5.41, 5.74) is 1.07. The van der Waals surface area contributed by atoms with Crippen molar-refractivity contribution in [2.45, 2.75) is 70.9 Å². The summed E-state index contributed by atoms with van der Waals surface area (Å²) < 4.78 is 49.7. The van der Waals surface area contributed by atoms with Crippen LogP contribution in [-0.4, -0.2) is 75.8 Å². The standard InChI is InChI=1S/C22H32ClN4O8P/c1-6-30-20(28)21(36(29,32-7-2)33-8-3)31-10-13-9-14(17-16(13)34-22(4,5)35-17)27-12-26-15-18(23)24-11-25-19(15)27/h11-14,16-17,21H,6-10H2,1-5H3. The van der Waals surface area contributed by atoms with Gasteiger partial charge in [-0.3, -0.25) is 4.57 Å². The zero-order valence-corrected chi connectivity index (χ0v) is 22.6. The van der Waals surface area contributed by atoms with Crippen LogP contribution in [-0.2, 0) is 37.4 Å². The Hall–Kier alpha value is -1.66. The van der Waals surface area contributed by atoms with Gasteiger partial charge < -0.3 is 32.6 Å². The molecule has 4 rings (SSSR count). The molecule has 1 aliphatic carbocycles. The van der Waals surface area contributed by atoms with Crippen LogP contribution in [0, 0.1) is 5.92 Å². The molecule has 2 aromatic rings. The number of hydrogen-bond acceptors (Lipinski definition) is 11. The molecular weight excluding hydrogens is 515 g/mol. The number of halogens is 1. The maximum atomic E-state index is 13.4. The fourth-order valence-electron chi connectivity index (χ4n) is 4.81. The summed E-state index contributed by atoms with van der Waals surface area (Å²) >= 11 is 6.20. The van der Waals surface area contributed by atoms with E-state index in [-0.39, 0.29) is 55.7 Å². The molecule has 0 amide bonds. The van der Waals surface area contributed by atoms with Crippen LogP contribution in [0.5, 0.6) is 0 Å². The molecule has 2 aromatic heterocycles. The predicted molar refractivity (Wildman–Crippen MR) is 129 cm³/mol. The van der Waals surface area contributed by atoms with Gasteiger partial charge in [-0.2, -0.15) is 0 Å². The molecule has 0 aromatic carbocycles. The second kappa shape index (κ2) is 11.0. The first kappa shape index (κ1) is 27.4. The van der Waals surface area contributed by atoms with Gasteiger partial charge in [0.25, 0.3) is 5.85 Å². The summed E-state index contributed by atoms with van der Waals surface area (Å²) in [7, 11) is -3.94. The fourth-order valence-corrected chi connectivity index (χ4v) is 6.65. The van der Waals surface area contributed by atoms with Gasteiger partial charge in [-0.15, -0.1) is 0 Å². The fraction of sp³-hybridized carbons (Fsp3) is 0.727. The van der Waals surface area contributed by atoms with Crippen LogP contribution < -0.4 is 0 Å². The molecule has 0 bridgehead atoms. The van der Waals surface area contributed by atoms with Gasteiger partial charge in [-0.25, -0.2) is 19.7 Å². The van der Waals surface area contributed by atoms with Gasteiger partial charge in [0.05, 0.1) is 44.9 Å². The Morgan fingerprint density at radius 2 is 1.86 bits per heavy atom. The van der Waals surface area contributed by atoms with E-state index in [9.17, 15) is 9.36 Å². The molecule has 3 heterocycles. The zero-order chi connectivity index (χ0) is 26.1. The van der Waals surface area contributed by atoms with Gasteiger partial charge in [0.2, 0.25) is 0 Å². The lowest BCUT2D eigenvalue weighted by molar-refractivity contribution is -0.166. The first-order valence-corrected chi connectivity index (χ1v) is 14.0. The summed E-state index contributed by atoms with van der Waals surface area (Å²) in [6.45, 7) is 8.95. The number of carbonyl (C=O) groups excluding carboxylic acids is 1. The van der Waals surface area contributed by atoms with Gasteiger partial charge in [0.1, 0.15) is 17.9 Å². The third kappa shape index (κ3) is 5.31. The van der Waals surface area contributed by atoms with Crippen LogP contribution >= 0.6 is 19.2 Å². The Bertz CT molecular complexity index is 1120. The Morgan fingerprint density at radius 1 is 1.17 bits per heavy atom. The number of rotatable bonds is 11. The number of aromatic nitrogens is 4. The number of ether oxygens (including phenoxy) is 4. The first-order valence-electron chi connectivity index (χ1n) is 12.0. The molecule has 0 radical (unpaired) electrons. The molecule has 5 unspecified atom stereocenters. The largest absolute Gasteiger partial charge is 0.464 e. The monoisotopic (exact) mass is 546 g/mol. The highest BCUT2D eigenvalue weighted by Gasteiger charge is 2.55. The summed E-state index contributed by atoms with van der Waals surface area (Å²) in [5.74, 6) is -3.37. The maximum absolute atomic E-state index is 13.4. The van der Waals surface area contributed by atoms with Crippen molar-refractivity contribution in [2.24, 2.45) is 5.92 Å². The third-order valence-electron chi connectivity index (χ3n) is 6.08. The lowest BCUT2D eigenvalue weighted by atomic mass is 10.1. The molecule has 14 heteroatoms. The van der Waals surface area contributed by atoms with Crippen LogP contribution in [0.25, 0.3) is 11.2 Å². The topological polar surface area (TPSA) is 133 Å². The van der Waals surface area contributed by atoms with E-state index < -0.39 is 25.2 Å². The quantitative estimate of drug-likeness (QED) is 0.232. The Kier molecular flexibility index (Phi) is 8.35. The molecule has 200 valence electrons. The Labute approximate surface area is 214 Å². The Morgan fingerprint density at radius 3 is 2.53 bits per heavy atom. The summed E-state index contributed by atoms with van der Waals surface area (Å²) in [6.07, 6.45) is 2.90. The van der Waals surface area contributed by atoms with Crippen molar-refractivity contribution in [1.82, 2.24) is 19.5 Å². The van der Waals surface area contributed by atoms with Crippen molar-refractivity contribution >= 4 is 36.3 Å². The van der Waals surface area contributed by atoms with E-state index >= 15 is 0 Å². The lowest BCUT2D eigenvalue weighted by Crippen LogP contribution is -2.33. The summed E-state index contributed by atoms with van der Waals surface area (Å²) in [5, 5.41) is 0.261. The van der Waals surface area contributed by atoms with E-state index in [0.29, 0.717) is 17.6 Å². The average Bonchev–Trinajstić information content (AvgIpc) is 3.46. The smallest absolute Gasteiger partial charge is 0.370 e. The number of fused-ring (bicyclic) bond motifs is 2. The molecule has 1 aliphatic heterocycles. The highest BCUT2D eigenvalue weighted by atomic mass is 35.5. The lowest BCUT2D eigenvalue weighted by Gasteiger charge is -2.27. The van der Waals surface area contributed by atoms with Crippen molar-refractivity contribution in [3.8, 4) is 0 Å². The SMILES string of the molecule is CCOC(=O)C(OCC1CC(n2cnc3c(Cl)ncnc32)C2OC(C)(C)OC12)P(=O)(OCC)OCC. The molecular formula is C22H32ClN4O8P. The van der Waals surface area contributed by atoms with Crippen LogP contribution in [0.4, 0.5) is 0 Å². The molecule has 2 fully saturated rings. The van der Waals surface area contributed by atoms with Gasteiger partial charge in [0, 0.05) is 5.92 Å². The maximum Gasteiger partial charge on any atom is 0.370 e. The van der Waals surface area contributed by atoms with Crippen molar-refractivity contribution in [3.05, 3.63) is 17.8 Å². The second-order valence-electron chi connectivity index (χ2n) is 8.93. The molecule has 5 atom stereocenters. The minimum absolute atomic E-state index is 0.0348. The van der Waals surface area contributed by atoms with Gasteiger partial charge >= 0.3 is 13.6 Å². The Balaban J connectivity index is 1.60. The summed E-state index contributed by atoms with van der Waals surface area (Å²) in [4.78, 5) is 25.5. The van der Waals surface area contributed by atoms with Crippen molar-refractivity contribution in [1.29, 1.82) is 0 Å². The summed E-state index contributed by atoms with van der Waals surface area (Å²) in [6, 6.07) is -0.201. The van der Waals surface area contributed by atoms with Crippen LogP contribution in [0.1, 0.15) is 47.1 Å². The first-order chi connectivity index (χ1) is 17.1. The minimum Gasteiger partial charge on any atom is -0.464 e. The van der Waals surface area contributed by atoms with Gasteiger partial charge in [-0.05, 0) is 41.0 Å². The van der Waals surface area contributed by atoms with Crippen molar-refractivity contribution in [3.63, 3.8) is 0 Å². The third-order valence-corrected chi connectivity index (χ3v) is 8.53. The number of nitrogens with zero attached hydrogens (tertiary/aromatic N) is 4. The van der Waals surface area contributed by atoms with Crippen LogP contribution in [0.2, 0.25) is 5.15 Å². The van der Waals surface area contributed by atoms with Gasteiger partial charge in [0.15, 0.2) is 16.6 Å². The van der Waals surface area contributed by atoms with Gasteiger partial charge in [-0.1, -0.05) is 11.6 Å². The highest BCUT2D eigenvalue weighted by Crippen LogP contribution is 2.55. The minimum atomic E-state index is -3.94. The van der Waals surface area contributed by atoms with Crippen molar-refractivity contribution in [2.75, 3.05) is 26.4 Å². The molecule has 1 saturated heterocycles. The molecule has 0 N–H and O–H groups in total. The van der Waals surface area contributed by atoms with E-state index in [2.05, 4.69) is 15.0 Å².